The van der Waals surface area contributed by atoms with Crippen LogP contribution in [-0.4, -0.2) is 110 Å². The van der Waals surface area contributed by atoms with Gasteiger partial charge in [0.25, 0.3) is 5.91 Å². The Balaban J connectivity index is 1.39. The number of rotatable bonds is 10. The van der Waals surface area contributed by atoms with Crippen molar-refractivity contribution in [3.05, 3.63) is 113 Å². The largest absolute Gasteiger partial charge is 0.456 e. The number of amides is 1. The maximum Gasteiger partial charge on any atom is 0.338 e. The van der Waals surface area contributed by atoms with Gasteiger partial charge in [-0.1, -0.05) is 62.4 Å². The molecule has 1 amide bonds. The van der Waals surface area contributed by atoms with Crippen molar-refractivity contribution in [1.82, 2.24) is 10.3 Å². The van der Waals surface area contributed by atoms with E-state index >= 15 is 4.79 Å². The second-order valence-electron chi connectivity index (χ2n) is 17.2. The average Bonchev–Trinajstić information content (AvgIpc) is 3.24. The van der Waals surface area contributed by atoms with Crippen LogP contribution in [0.2, 0.25) is 0 Å². The van der Waals surface area contributed by atoms with Crippen LogP contribution in [0.3, 0.4) is 0 Å². The molecule has 7 rings (SSSR count). The van der Waals surface area contributed by atoms with Gasteiger partial charge in [-0.15, -0.1) is 0 Å². The SMILES string of the molecule is CC(=O)O[C@H]1C(=O)[C@@]2(C)[C@H]([C@H](OC(=O)c3ccccc3)[C@]3(O)C[C@H](OC(=O)[C@H](O)[C@@H](NC(=O)c4cccnc4)c4ccccc4)C(C)=C1C3(C)C)[C@]1(OC(C)=O)CO[C@@H]1C[C@@H]2O. The zero-order valence-corrected chi connectivity index (χ0v) is 35.1. The standard InChI is InChI=1S/C46H50N2O14/c1-24-30(60-42(56)35(52)34(27-14-9-7-10-15-27)48-40(54)29-18-13-19-47-22-29)21-46(57)39(61-41(55)28-16-11-8-12-17-28)37-44(6,31(51)20-32-45(37,23-58-32)62-26(3)50)38(53)36(59-25(2)49)33(24)43(46,4)5/h7-19,22,30-32,34-37,39,51-52,57H,20-21,23H2,1-6H3,(H,48,54)/t30-,31-,32+,34-,35+,36+,37-,39-,44+,45-,46+/m0/s1. The quantitative estimate of drug-likeness (QED) is 0.130. The lowest BCUT2D eigenvalue weighted by Crippen LogP contribution is -2.82. The van der Waals surface area contributed by atoms with Crippen LogP contribution < -0.4 is 5.32 Å². The second-order valence-corrected chi connectivity index (χ2v) is 17.2. The summed E-state index contributed by atoms with van der Waals surface area (Å²) in [4.78, 5) is 87.4. The molecule has 1 aromatic heterocycles. The highest BCUT2D eigenvalue weighted by Crippen LogP contribution is 2.64. The fraction of sp³-hybridized carbons (Fsp3) is 0.457. The molecule has 62 heavy (non-hydrogen) atoms. The number of ketones is 1. The minimum atomic E-state index is -2.40. The fourth-order valence-electron chi connectivity index (χ4n) is 10.1. The lowest BCUT2D eigenvalue weighted by molar-refractivity contribution is -0.346. The van der Waals surface area contributed by atoms with Crippen LogP contribution in [0.4, 0.5) is 0 Å². The zero-order valence-electron chi connectivity index (χ0n) is 35.1. The van der Waals surface area contributed by atoms with Gasteiger partial charge in [-0.3, -0.25) is 24.2 Å². The first-order valence-electron chi connectivity index (χ1n) is 20.3. The van der Waals surface area contributed by atoms with Gasteiger partial charge < -0.3 is 44.3 Å². The third-order valence-corrected chi connectivity index (χ3v) is 13.4. The number of hydrogen-bond donors (Lipinski definition) is 4. The maximum absolute atomic E-state index is 15.5. The number of hydrogen-bond acceptors (Lipinski definition) is 15. The van der Waals surface area contributed by atoms with E-state index < -0.39 is 113 Å². The molecule has 4 aliphatic rings. The Morgan fingerprint density at radius 1 is 0.887 bits per heavy atom. The van der Waals surface area contributed by atoms with Crippen molar-refractivity contribution in [2.75, 3.05) is 6.61 Å². The zero-order chi connectivity index (χ0) is 44.9. The molecule has 2 heterocycles. The molecule has 4 N–H and O–H groups in total. The van der Waals surface area contributed by atoms with Crippen molar-refractivity contribution in [3.8, 4) is 0 Å². The van der Waals surface area contributed by atoms with E-state index in [1.807, 2.05) is 0 Å². The number of fused-ring (bicyclic) bond motifs is 5. The number of ether oxygens (including phenoxy) is 5. The Labute approximate surface area is 357 Å². The van der Waals surface area contributed by atoms with E-state index in [0.717, 1.165) is 13.8 Å². The van der Waals surface area contributed by atoms with Crippen molar-refractivity contribution in [3.63, 3.8) is 0 Å². The molecule has 1 aliphatic heterocycles. The summed E-state index contributed by atoms with van der Waals surface area (Å²) in [6.07, 6.45) is -7.78. The van der Waals surface area contributed by atoms with Gasteiger partial charge in [0.15, 0.2) is 23.6 Å². The highest BCUT2D eigenvalue weighted by Gasteiger charge is 2.78. The number of Topliss-reactive ketones (excluding diaryl/α,β-unsaturated/α-hetero) is 1. The Morgan fingerprint density at radius 3 is 2.11 bits per heavy atom. The van der Waals surface area contributed by atoms with E-state index in [2.05, 4.69) is 10.3 Å². The second kappa shape index (κ2) is 16.5. The van der Waals surface area contributed by atoms with E-state index in [4.69, 9.17) is 23.7 Å². The van der Waals surface area contributed by atoms with Crippen LogP contribution in [0.1, 0.15) is 86.7 Å². The molecule has 2 aromatic carbocycles. The highest BCUT2D eigenvalue weighted by molar-refractivity contribution is 5.96. The first-order chi connectivity index (χ1) is 29.3. The van der Waals surface area contributed by atoms with Crippen molar-refractivity contribution < 1.29 is 67.8 Å². The first-order valence-corrected chi connectivity index (χ1v) is 20.3. The van der Waals surface area contributed by atoms with Gasteiger partial charge in [0.1, 0.15) is 23.9 Å². The maximum atomic E-state index is 15.5. The van der Waals surface area contributed by atoms with Crippen LogP contribution >= 0.6 is 0 Å². The summed E-state index contributed by atoms with van der Waals surface area (Å²) in [6, 6.07) is 17.7. The molecule has 0 radical (unpaired) electrons. The smallest absolute Gasteiger partial charge is 0.338 e. The monoisotopic (exact) mass is 854 g/mol. The molecular formula is C46H50N2O14. The Hall–Kier alpha value is -5.81. The number of aliphatic hydroxyl groups is 3. The van der Waals surface area contributed by atoms with Gasteiger partial charge in [0.2, 0.25) is 0 Å². The van der Waals surface area contributed by atoms with E-state index in [1.165, 1.54) is 44.4 Å². The summed E-state index contributed by atoms with van der Waals surface area (Å²) in [6.45, 7) is 7.94. The minimum absolute atomic E-state index is 0.00983. The van der Waals surface area contributed by atoms with Gasteiger partial charge >= 0.3 is 23.9 Å². The molecule has 328 valence electrons. The number of nitrogens with zero attached hydrogens (tertiary/aromatic N) is 1. The van der Waals surface area contributed by atoms with Crippen molar-refractivity contribution in [2.45, 2.75) is 108 Å². The van der Waals surface area contributed by atoms with E-state index in [9.17, 15) is 39.3 Å². The molecule has 2 saturated carbocycles. The molecule has 16 nitrogen and oxygen atoms in total. The van der Waals surface area contributed by atoms with Crippen LogP contribution in [0.5, 0.6) is 0 Å². The fourth-order valence-corrected chi connectivity index (χ4v) is 10.1. The number of nitrogens with one attached hydrogen (secondary N) is 1. The summed E-state index contributed by atoms with van der Waals surface area (Å²) < 4.78 is 30.2. The lowest BCUT2D eigenvalue weighted by atomic mass is 9.44. The number of carbonyl (C=O) groups is 6. The van der Waals surface area contributed by atoms with Gasteiger partial charge in [-0.25, -0.2) is 9.59 Å². The molecular weight excluding hydrogens is 805 g/mol. The van der Waals surface area contributed by atoms with E-state index in [1.54, 1.807) is 68.4 Å². The van der Waals surface area contributed by atoms with Crippen LogP contribution in [0.25, 0.3) is 0 Å². The van der Waals surface area contributed by atoms with Crippen LogP contribution in [-0.2, 0) is 42.9 Å². The molecule has 0 spiro atoms. The number of benzene rings is 2. The molecule has 3 aromatic rings. The predicted octanol–water partition coefficient (Wildman–Crippen LogP) is 3.13. The van der Waals surface area contributed by atoms with Crippen molar-refractivity contribution in [2.24, 2.45) is 16.7 Å². The summed E-state index contributed by atoms with van der Waals surface area (Å²) in [5, 5.41) is 40.2. The summed E-state index contributed by atoms with van der Waals surface area (Å²) in [5.74, 6) is -6.94. The third kappa shape index (κ3) is 7.27. The average molecular weight is 855 g/mol. The number of carbonyl (C=O) groups excluding carboxylic acids is 6. The topological polar surface area (TPSA) is 234 Å². The van der Waals surface area contributed by atoms with Crippen molar-refractivity contribution in [1.29, 1.82) is 0 Å². The number of aliphatic hydroxyl groups excluding tert-OH is 2. The van der Waals surface area contributed by atoms with Crippen molar-refractivity contribution >= 4 is 35.6 Å². The molecule has 2 bridgehead atoms. The van der Waals surface area contributed by atoms with Gasteiger partial charge in [-0.05, 0) is 54.8 Å². The van der Waals surface area contributed by atoms with Gasteiger partial charge in [0.05, 0.1) is 41.2 Å². The third-order valence-electron chi connectivity index (χ3n) is 13.4. The van der Waals surface area contributed by atoms with Crippen LogP contribution in [0, 0.1) is 16.7 Å². The van der Waals surface area contributed by atoms with Gasteiger partial charge in [0, 0.05) is 44.5 Å². The molecule has 11 atom stereocenters. The number of esters is 4. The molecule has 3 aliphatic carbocycles. The summed E-state index contributed by atoms with van der Waals surface area (Å²) in [7, 11) is 0. The summed E-state index contributed by atoms with van der Waals surface area (Å²) in [5.41, 5.74) is -7.19. The Bertz CT molecular complexity index is 2290. The summed E-state index contributed by atoms with van der Waals surface area (Å²) >= 11 is 0. The van der Waals surface area contributed by atoms with E-state index in [-0.39, 0.29) is 35.3 Å². The normalized spacial score (nSPS) is 31.9. The molecule has 3 fully saturated rings. The molecule has 1 saturated heterocycles. The van der Waals surface area contributed by atoms with E-state index in [0.29, 0.717) is 5.56 Å². The molecule has 16 heteroatoms. The Morgan fingerprint density at radius 2 is 1.53 bits per heavy atom. The molecule has 0 unspecified atom stereocenters. The van der Waals surface area contributed by atoms with Crippen LogP contribution in [0.15, 0.2) is 96.3 Å². The number of aromatic nitrogens is 1. The highest BCUT2D eigenvalue weighted by atomic mass is 16.6. The Kier molecular flexibility index (Phi) is 11.8. The lowest BCUT2D eigenvalue weighted by Gasteiger charge is -2.67. The first kappa shape index (κ1) is 44.3. The number of pyridine rings is 1. The van der Waals surface area contributed by atoms with Gasteiger partial charge in [-0.2, -0.15) is 0 Å². The minimum Gasteiger partial charge on any atom is -0.456 e. The predicted molar refractivity (Wildman–Crippen MR) is 215 cm³/mol.